The lowest BCUT2D eigenvalue weighted by Crippen LogP contribution is -2.35. The lowest BCUT2D eigenvalue weighted by molar-refractivity contribution is 0.0944. The Balaban J connectivity index is 2.50. The maximum absolute atomic E-state index is 11.5. The van der Waals surface area contributed by atoms with E-state index in [-0.39, 0.29) is 11.9 Å². The first-order valence-corrected chi connectivity index (χ1v) is 5.59. The molecule has 1 aromatic rings. The summed E-state index contributed by atoms with van der Waals surface area (Å²) < 4.78 is 0. The molecule has 0 aliphatic heterocycles. The van der Waals surface area contributed by atoms with Gasteiger partial charge in [-0.1, -0.05) is 13.0 Å². The molecular formula is C9H12ClNOS. The molecule has 1 atom stereocenters. The highest BCUT2D eigenvalue weighted by Crippen LogP contribution is 2.08. The number of amides is 1. The van der Waals surface area contributed by atoms with Crippen LogP contribution in [0.25, 0.3) is 0 Å². The van der Waals surface area contributed by atoms with Crippen LogP contribution in [-0.4, -0.2) is 17.8 Å². The van der Waals surface area contributed by atoms with Crippen LogP contribution in [0.2, 0.25) is 0 Å². The molecule has 1 heterocycles. The van der Waals surface area contributed by atoms with Gasteiger partial charge < -0.3 is 5.32 Å². The van der Waals surface area contributed by atoms with Crippen molar-refractivity contribution < 1.29 is 4.79 Å². The third kappa shape index (κ3) is 3.01. The molecular weight excluding hydrogens is 206 g/mol. The Morgan fingerprint density at radius 1 is 1.77 bits per heavy atom. The molecule has 72 valence electrons. The molecule has 0 aliphatic carbocycles. The number of thiophene rings is 1. The lowest BCUT2D eigenvalue weighted by atomic mass is 10.2. The normalized spacial score (nSPS) is 12.5. The average molecular weight is 218 g/mol. The van der Waals surface area contributed by atoms with E-state index in [9.17, 15) is 4.79 Å². The Hall–Kier alpha value is -0.540. The molecule has 0 fully saturated rings. The first-order valence-electron chi connectivity index (χ1n) is 4.18. The first-order chi connectivity index (χ1) is 6.27. The van der Waals surface area contributed by atoms with Crippen LogP contribution in [0.4, 0.5) is 0 Å². The third-order valence-corrected chi connectivity index (χ3v) is 3.00. The van der Waals surface area contributed by atoms with E-state index < -0.39 is 0 Å². The molecule has 1 amide bonds. The van der Waals surface area contributed by atoms with Gasteiger partial charge in [0.15, 0.2) is 0 Å². The van der Waals surface area contributed by atoms with E-state index in [1.54, 1.807) is 6.07 Å². The number of halogens is 1. The Morgan fingerprint density at radius 3 is 3.00 bits per heavy atom. The predicted molar refractivity (Wildman–Crippen MR) is 56.6 cm³/mol. The van der Waals surface area contributed by atoms with E-state index in [0.717, 1.165) is 11.3 Å². The minimum atomic E-state index is -0.0255. The largest absolute Gasteiger partial charge is 0.347 e. The second-order valence-electron chi connectivity index (χ2n) is 2.71. The Morgan fingerprint density at radius 2 is 2.54 bits per heavy atom. The van der Waals surface area contributed by atoms with E-state index in [4.69, 9.17) is 11.6 Å². The van der Waals surface area contributed by atoms with Crippen LogP contribution in [0.5, 0.6) is 0 Å². The number of rotatable bonds is 4. The number of alkyl halides is 1. The summed E-state index contributed by atoms with van der Waals surface area (Å²) in [7, 11) is 0. The van der Waals surface area contributed by atoms with Gasteiger partial charge in [-0.05, 0) is 17.9 Å². The summed E-state index contributed by atoms with van der Waals surface area (Å²) in [6.45, 7) is 2.00. The molecule has 0 bridgehead atoms. The fourth-order valence-electron chi connectivity index (χ4n) is 0.914. The second-order valence-corrected chi connectivity index (χ2v) is 3.97. The molecule has 0 saturated heterocycles. The van der Waals surface area contributed by atoms with Crippen molar-refractivity contribution in [1.82, 2.24) is 5.32 Å². The van der Waals surface area contributed by atoms with Crippen LogP contribution >= 0.6 is 22.9 Å². The van der Waals surface area contributed by atoms with Crippen LogP contribution in [0.1, 0.15) is 23.0 Å². The molecule has 1 rings (SSSR count). The molecule has 0 radical (unpaired) electrons. The summed E-state index contributed by atoms with van der Waals surface area (Å²) in [6, 6.07) is 3.75. The van der Waals surface area contributed by atoms with Crippen molar-refractivity contribution in [1.29, 1.82) is 0 Å². The summed E-state index contributed by atoms with van der Waals surface area (Å²) in [4.78, 5) is 12.2. The summed E-state index contributed by atoms with van der Waals surface area (Å²) in [5, 5.41) is 4.74. The van der Waals surface area contributed by atoms with Gasteiger partial charge in [-0.3, -0.25) is 4.79 Å². The van der Waals surface area contributed by atoms with Crippen molar-refractivity contribution in [2.75, 3.05) is 5.88 Å². The van der Waals surface area contributed by atoms with Crippen molar-refractivity contribution in [2.45, 2.75) is 19.4 Å². The summed E-state index contributed by atoms with van der Waals surface area (Å²) >= 11 is 7.10. The summed E-state index contributed by atoms with van der Waals surface area (Å²) in [6.07, 6.45) is 0.862. The van der Waals surface area contributed by atoms with E-state index in [2.05, 4.69) is 5.32 Å². The molecule has 2 nitrogen and oxygen atoms in total. The Labute approximate surface area is 86.9 Å². The van der Waals surface area contributed by atoms with Gasteiger partial charge in [0.1, 0.15) is 0 Å². The second kappa shape index (κ2) is 5.25. The number of carbonyl (C=O) groups is 1. The van der Waals surface area contributed by atoms with Crippen LogP contribution in [0, 0.1) is 0 Å². The molecule has 0 spiro atoms. The van der Waals surface area contributed by atoms with Crippen LogP contribution in [0.3, 0.4) is 0 Å². The summed E-state index contributed by atoms with van der Waals surface area (Å²) in [5.74, 6) is 0.440. The maximum atomic E-state index is 11.5. The standard InChI is InChI=1S/C9H12ClNOS/c1-2-7(6-10)11-9(12)8-4-3-5-13-8/h3-5,7H,2,6H2,1H3,(H,11,12). The zero-order valence-electron chi connectivity index (χ0n) is 7.42. The van der Waals surface area contributed by atoms with E-state index in [1.807, 2.05) is 18.4 Å². The number of hydrogen-bond acceptors (Lipinski definition) is 2. The quantitative estimate of drug-likeness (QED) is 0.772. The zero-order valence-corrected chi connectivity index (χ0v) is 8.99. The van der Waals surface area contributed by atoms with Crippen LogP contribution in [-0.2, 0) is 0 Å². The number of carbonyl (C=O) groups excluding carboxylic acids is 1. The van der Waals surface area contributed by atoms with Crippen molar-refractivity contribution in [3.8, 4) is 0 Å². The molecule has 0 aliphatic rings. The van der Waals surface area contributed by atoms with Crippen molar-refractivity contribution in [2.24, 2.45) is 0 Å². The van der Waals surface area contributed by atoms with Gasteiger partial charge in [-0.25, -0.2) is 0 Å². The van der Waals surface area contributed by atoms with Gasteiger partial charge in [-0.2, -0.15) is 0 Å². The van der Waals surface area contributed by atoms with E-state index in [1.165, 1.54) is 11.3 Å². The van der Waals surface area contributed by atoms with E-state index >= 15 is 0 Å². The monoisotopic (exact) mass is 217 g/mol. The molecule has 1 aromatic heterocycles. The lowest BCUT2D eigenvalue weighted by Gasteiger charge is -2.12. The van der Waals surface area contributed by atoms with Gasteiger partial charge in [0.05, 0.1) is 4.88 Å². The molecule has 0 aromatic carbocycles. The maximum Gasteiger partial charge on any atom is 0.261 e. The molecule has 1 unspecified atom stereocenters. The minimum absolute atomic E-state index is 0.0255. The molecule has 0 saturated carbocycles. The van der Waals surface area contributed by atoms with Gasteiger partial charge in [0.25, 0.3) is 5.91 Å². The smallest absolute Gasteiger partial charge is 0.261 e. The number of hydrogen-bond donors (Lipinski definition) is 1. The van der Waals surface area contributed by atoms with Crippen molar-refractivity contribution in [3.05, 3.63) is 22.4 Å². The Bertz CT molecular complexity index is 257. The predicted octanol–water partition coefficient (Wildman–Crippen LogP) is 2.50. The van der Waals surface area contributed by atoms with Crippen molar-refractivity contribution in [3.63, 3.8) is 0 Å². The first kappa shape index (κ1) is 10.5. The molecule has 4 heteroatoms. The Kier molecular flexibility index (Phi) is 4.25. The minimum Gasteiger partial charge on any atom is -0.347 e. The highest BCUT2D eigenvalue weighted by molar-refractivity contribution is 7.12. The number of nitrogens with one attached hydrogen (secondary N) is 1. The fourth-order valence-corrected chi connectivity index (χ4v) is 1.84. The summed E-state index contributed by atoms with van der Waals surface area (Å²) in [5.41, 5.74) is 0. The van der Waals surface area contributed by atoms with Gasteiger partial charge in [0, 0.05) is 11.9 Å². The van der Waals surface area contributed by atoms with Gasteiger partial charge in [0.2, 0.25) is 0 Å². The van der Waals surface area contributed by atoms with Crippen LogP contribution in [0.15, 0.2) is 17.5 Å². The third-order valence-electron chi connectivity index (χ3n) is 1.76. The molecule has 13 heavy (non-hydrogen) atoms. The zero-order chi connectivity index (χ0) is 9.68. The average Bonchev–Trinajstić information content (AvgIpc) is 2.66. The SMILES string of the molecule is CCC(CCl)NC(=O)c1cccs1. The van der Waals surface area contributed by atoms with E-state index in [0.29, 0.717) is 5.88 Å². The van der Waals surface area contributed by atoms with Gasteiger partial charge in [-0.15, -0.1) is 22.9 Å². The van der Waals surface area contributed by atoms with Crippen molar-refractivity contribution >= 4 is 28.8 Å². The van der Waals surface area contributed by atoms with Gasteiger partial charge >= 0.3 is 0 Å². The topological polar surface area (TPSA) is 29.1 Å². The fraction of sp³-hybridized carbons (Fsp3) is 0.444. The molecule has 1 N–H and O–H groups in total. The highest BCUT2D eigenvalue weighted by Gasteiger charge is 2.11. The highest BCUT2D eigenvalue weighted by atomic mass is 35.5. The van der Waals surface area contributed by atoms with Crippen LogP contribution < -0.4 is 5.32 Å².